The molecule has 0 radical (unpaired) electrons. The number of anilines is 10. The first-order chi connectivity index (χ1) is 34.7. The molecule has 3 aliphatic carbocycles. The standard InChI is InChI=1S/C66H52N4/c1-4-22-55(23-5-1)68(64-31-28-49-16-10-13-19-52(49)46-64)61-40-34-58(35-41-61)67(59-36-42-62(43-37-59)69(56-24-6-2-7-25-56)65-32-29-50-17-11-14-20-53(50)47-65)60-38-44-63(45-39-60)70(57-26-8-3-9-27-57)66-33-30-51-18-12-15-21-54(51)48-66/h1-17,19-26,28-47,57H,18,27,48H2. The van der Waals surface area contributed by atoms with E-state index in [9.17, 15) is 0 Å². The minimum absolute atomic E-state index is 0.221. The number of fused-ring (bicyclic) bond motifs is 3. The van der Waals surface area contributed by atoms with Crippen molar-refractivity contribution in [1.82, 2.24) is 0 Å². The summed E-state index contributed by atoms with van der Waals surface area (Å²) in [6, 6.07) is 79.3. The van der Waals surface area contributed by atoms with Crippen molar-refractivity contribution in [2.45, 2.75) is 25.3 Å². The van der Waals surface area contributed by atoms with Crippen LogP contribution in [0.15, 0.2) is 290 Å². The average Bonchev–Trinajstić information content (AvgIpc) is 3.43. The number of hydrogen-bond acceptors (Lipinski definition) is 4. The number of hydrogen-bond donors (Lipinski definition) is 0. The van der Waals surface area contributed by atoms with Crippen LogP contribution in [-0.4, -0.2) is 6.04 Å². The summed E-state index contributed by atoms with van der Waals surface area (Å²) in [5, 5.41) is 4.87. The predicted octanol–water partition coefficient (Wildman–Crippen LogP) is 18.2. The van der Waals surface area contributed by atoms with E-state index in [1.54, 1.807) is 0 Å². The van der Waals surface area contributed by atoms with Gasteiger partial charge in [0, 0.05) is 69.0 Å². The van der Waals surface area contributed by atoms with E-state index < -0.39 is 0 Å². The Kier molecular flexibility index (Phi) is 11.6. The van der Waals surface area contributed by atoms with E-state index in [0.29, 0.717) is 0 Å². The molecule has 0 spiro atoms. The van der Waals surface area contributed by atoms with Crippen LogP contribution >= 0.6 is 0 Å². The van der Waals surface area contributed by atoms with E-state index in [-0.39, 0.29) is 6.04 Å². The lowest BCUT2D eigenvalue weighted by atomic mass is 9.89. The second kappa shape index (κ2) is 19.0. The Morgan fingerprint density at radius 3 is 1.23 bits per heavy atom. The molecule has 0 amide bonds. The molecule has 0 heterocycles. The number of allylic oxidation sites excluding steroid dienone is 9. The van der Waals surface area contributed by atoms with Gasteiger partial charge in [0.15, 0.2) is 0 Å². The molecule has 9 aromatic rings. The van der Waals surface area contributed by atoms with Crippen molar-refractivity contribution < 1.29 is 0 Å². The van der Waals surface area contributed by atoms with E-state index in [1.807, 2.05) is 0 Å². The Morgan fingerprint density at radius 2 is 0.743 bits per heavy atom. The molecular formula is C66H52N4. The van der Waals surface area contributed by atoms with Gasteiger partial charge in [-0.2, -0.15) is 0 Å². The molecular weight excluding hydrogens is 849 g/mol. The molecule has 4 nitrogen and oxygen atoms in total. The van der Waals surface area contributed by atoms with Gasteiger partial charge in [-0.05, 0) is 173 Å². The topological polar surface area (TPSA) is 13.0 Å². The summed E-state index contributed by atoms with van der Waals surface area (Å²) in [7, 11) is 0. The monoisotopic (exact) mass is 900 g/mol. The lowest BCUT2D eigenvalue weighted by molar-refractivity contribution is 0.734. The SMILES string of the molecule is C1=CCC2=CC=C(N(c3ccc(N(c4ccc(N(c5ccccc5)c5ccc6ccccc6c5)cc4)c4ccc(N(c5ccccc5)c5ccc6ccccc6c5)cc4)cc3)C3C=CC=CC3)CC2=C1. The van der Waals surface area contributed by atoms with E-state index in [1.165, 1.54) is 44.1 Å². The van der Waals surface area contributed by atoms with Crippen LogP contribution < -0.4 is 19.6 Å². The molecule has 0 bridgehead atoms. The number of para-hydroxylation sites is 2. The third-order valence-electron chi connectivity index (χ3n) is 13.8. The van der Waals surface area contributed by atoms with Gasteiger partial charge >= 0.3 is 0 Å². The smallest absolute Gasteiger partial charge is 0.0556 e. The van der Waals surface area contributed by atoms with Gasteiger partial charge in [0.1, 0.15) is 0 Å². The van der Waals surface area contributed by atoms with Crippen molar-refractivity contribution in [3.63, 3.8) is 0 Å². The van der Waals surface area contributed by atoms with E-state index in [0.717, 1.165) is 70.4 Å². The Hall–Kier alpha value is -8.86. The fourth-order valence-electron chi connectivity index (χ4n) is 10.3. The minimum Gasteiger partial charge on any atom is -0.338 e. The molecule has 0 N–H and O–H groups in total. The van der Waals surface area contributed by atoms with Crippen molar-refractivity contribution in [3.8, 4) is 0 Å². The first-order valence-corrected chi connectivity index (χ1v) is 24.4. The molecule has 3 aliphatic rings. The molecule has 0 aromatic heterocycles. The zero-order valence-electron chi connectivity index (χ0n) is 39.0. The van der Waals surface area contributed by atoms with Crippen LogP contribution in [-0.2, 0) is 0 Å². The number of rotatable bonds is 12. The minimum atomic E-state index is 0.221. The lowest BCUT2D eigenvalue weighted by Crippen LogP contribution is -2.34. The molecule has 336 valence electrons. The molecule has 12 rings (SSSR count). The zero-order valence-corrected chi connectivity index (χ0v) is 39.0. The summed E-state index contributed by atoms with van der Waals surface area (Å²) >= 11 is 0. The predicted molar refractivity (Wildman–Crippen MR) is 297 cm³/mol. The van der Waals surface area contributed by atoms with Crippen LogP contribution in [0.3, 0.4) is 0 Å². The molecule has 4 heteroatoms. The van der Waals surface area contributed by atoms with Crippen LogP contribution in [0.5, 0.6) is 0 Å². The number of nitrogens with zero attached hydrogens (tertiary/aromatic N) is 4. The molecule has 0 fully saturated rings. The summed E-state index contributed by atoms with van der Waals surface area (Å²) in [4.78, 5) is 9.61. The zero-order chi connectivity index (χ0) is 46.6. The van der Waals surface area contributed by atoms with Crippen molar-refractivity contribution in [3.05, 3.63) is 290 Å². The van der Waals surface area contributed by atoms with Gasteiger partial charge in [0.25, 0.3) is 0 Å². The fraction of sp³-hybridized carbons (Fsp3) is 0.0606. The number of benzene rings is 9. The highest BCUT2D eigenvalue weighted by Crippen LogP contribution is 2.43. The van der Waals surface area contributed by atoms with E-state index >= 15 is 0 Å². The van der Waals surface area contributed by atoms with Gasteiger partial charge in [-0.15, -0.1) is 0 Å². The third-order valence-corrected chi connectivity index (χ3v) is 13.8. The molecule has 0 saturated heterocycles. The van der Waals surface area contributed by atoms with Crippen molar-refractivity contribution in [2.75, 3.05) is 19.6 Å². The van der Waals surface area contributed by atoms with E-state index in [2.05, 4.69) is 293 Å². The lowest BCUT2D eigenvalue weighted by Gasteiger charge is -2.37. The highest BCUT2D eigenvalue weighted by Gasteiger charge is 2.25. The van der Waals surface area contributed by atoms with Gasteiger partial charge in [-0.25, -0.2) is 0 Å². The van der Waals surface area contributed by atoms with E-state index in [4.69, 9.17) is 0 Å². The second-order valence-electron chi connectivity index (χ2n) is 18.1. The van der Waals surface area contributed by atoms with Crippen LogP contribution in [0, 0.1) is 0 Å². The summed E-state index contributed by atoms with van der Waals surface area (Å²) < 4.78 is 0. The summed E-state index contributed by atoms with van der Waals surface area (Å²) in [6.45, 7) is 0. The molecule has 0 saturated carbocycles. The molecule has 1 unspecified atom stereocenters. The van der Waals surface area contributed by atoms with Crippen LogP contribution in [0.4, 0.5) is 56.9 Å². The molecule has 0 aliphatic heterocycles. The maximum absolute atomic E-state index is 2.54. The maximum atomic E-state index is 2.54. The average molecular weight is 901 g/mol. The van der Waals surface area contributed by atoms with Crippen molar-refractivity contribution in [2.24, 2.45) is 0 Å². The third kappa shape index (κ3) is 8.52. The van der Waals surface area contributed by atoms with Crippen LogP contribution in [0.1, 0.15) is 19.3 Å². The Balaban J connectivity index is 0.946. The Morgan fingerprint density at radius 1 is 0.314 bits per heavy atom. The van der Waals surface area contributed by atoms with Gasteiger partial charge in [-0.1, -0.05) is 146 Å². The van der Waals surface area contributed by atoms with Gasteiger partial charge < -0.3 is 19.6 Å². The normalized spacial score (nSPS) is 14.9. The molecule has 9 aromatic carbocycles. The summed E-state index contributed by atoms with van der Waals surface area (Å²) in [5.41, 5.74) is 15.1. The maximum Gasteiger partial charge on any atom is 0.0556 e. The van der Waals surface area contributed by atoms with Gasteiger partial charge in [0.2, 0.25) is 0 Å². The second-order valence-corrected chi connectivity index (χ2v) is 18.1. The highest BCUT2D eigenvalue weighted by atomic mass is 15.2. The van der Waals surface area contributed by atoms with Crippen LogP contribution in [0.25, 0.3) is 21.5 Å². The first kappa shape index (κ1) is 42.5. The largest absolute Gasteiger partial charge is 0.338 e. The van der Waals surface area contributed by atoms with Gasteiger partial charge in [-0.3, -0.25) is 0 Å². The van der Waals surface area contributed by atoms with Crippen LogP contribution in [0.2, 0.25) is 0 Å². The highest BCUT2D eigenvalue weighted by molar-refractivity contribution is 5.91. The first-order valence-electron chi connectivity index (χ1n) is 24.4. The quantitative estimate of drug-likeness (QED) is 0.121. The Labute approximate surface area is 411 Å². The summed E-state index contributed by atoms with van der Waals surface area (Å²) in [6.07, 6.45) is 23.2. The van der Waals surface area contributed by atoms with Gasteiger partial charge in [0.05, 0.1) is 6.04 Å². The fourth-order valence-corrected chi connectivity index (χ4v) is 10.3. The van der Waals surface area contributed by atoms with Crippen molar-refractivity contribution in [1.29, 1.82) is 0 Å². The molecule has 1 atom stereocenters. The summed E-state index contributed by atoms with van der Waals surface area (Å²) in [5.74, 6) is 0. The van der Waals surface area contributed by atoms with Crippen molar-refractivity contribution >= 4 is 78.4 Å². The molecule has 70 heavy (non-hydrogen) atoms. The Bertz CT molecular complexity index is 3340.